The van der Waals surface area contributed by atoms with Gasteiger partial charge in [-0.2, -0.15) is 4.98 Å². The van der Waals surface area contributed by atoms with E-state index in [-0.39, 0.29) is 17.9 Å². The molecule has 0 aliphatic carbocycles. The fourth-order valence-electron chi connectivity index (χ4n) is 1.25. The first kappa shape index (κ1) is 11.1. The van der Waals surface area contributed by atoms with Gasteiger partial charge < -0.3 is 4.74 Å². The van der Waals surface area contributed by atoms with Crippen LogP contribution in [0.25, 0.3) is 0 Å². The summed E-state index contributed by atoms with van der Waals surface area (Å²) >= 11 is 0. The minimum absolute atomic E-state index is 0.169. The van der Waals surface area contributed by atoms with Crippen molar-refractivity contribution in [3.63, 3.8) is 0 Å². The highest BCUT2D eigenvalue weighted by Gasteiger charge is 2.09. The molecule has 0 aliphatic rings. The lowest BCUT2D eigenvalue weighted by atomic mass is 10.2. The number of nitrogens with one attached hydrogen (secondary N) is 2. The van der Waals surface area contributed by atoms with E-state index in [1.54, 1.807) is 12.3 Å². The Morgan fingerprint density at radius 2 is 2.29 bits per heavy atom. The lowest BCUT2D eigenvalue weighted by Gasteiger charge is -2.01. The van der Waals surface area contributed by atoms with Crippen molar-refractivity contribution in [1.29, 1.82) is 0 Å². The van der Waals surface area contributed by atoms with E-state index in [1.165, 1.54) is 13.3 Å². The molecule has 0 atom stereocenters. The molecular weight excluding hydrogens is 222 g/mol. The van der Waals surface area contributed by atoms with Gasteiger partial charge in [0.05, 0.1) is 12.7 Å². The number of methoxy groups -OCH3 is 1. The van der Waals surface area contributed by atoms with Crippen molar-refractivity contribution >= 4 is 11.9 Å². The number of aryl methyl sites for hydroxylation is 1. The van der Waals surface area contributed by atoms with E-state index in [4.69, 9.17) is 4.74 Å². The summed E-state index contributed by atoms with van der Waals surface area (Å²) in [4.78, 5) is 19.6. The molecule has 7 heteroatoms. The lowest BCUT2D eigenvalue weighted by Crippen LogP contribution is -2.13. The number of amides is 1. The molecule has 2 rings (SSSR count). The number of ether oxygens (including phenoxy) is 1. The third-order valence-electron chi connectivity index (χ3n) is 2.02. The van der Waals surface area contributed by atoms with Crippen LogP contribution in [-0.2, 0) is 0 Å². The molecular formula is C10H11N5O2. The van der Waals surface area contributed by atoms with Gasteiger partial charge in [0.2, 0.25) is 5.95 Å². The van der Waals surface area contributed by atoms with E-state index in [9.17, 15) is 4.79 Å². The summed E-state index contributed by atoms with van der Waals surface area (Å²) < 4.78 is 4.78. The Morgan fingerprint density at radius 3 is 2.94 bits per heavy atom. The van der Waals surface area contributed by atoms with Crippen LogP contribution in [0.3, 0.4) is 0 Å². The maximum Gasteiger partial charge on any atom is 0.336 e. The molecule has 0 unspecified atom stereocenters. The van der Waals surface area contributed by atoms with Crippen LogP contribution in [0.5, 0.6) is 6.01 Å². The predicted octanol–water partition coefficient (Wildman–Crippen LogP) is 0.769. The Labute approximate surface area is 97.2 Å². The molecule has 2 N–H and O–H groups in total. The Kier molecular flexibility index (Phi) is 2.99. The molecule has 88 valence electrons. The number of carbonyl (C=O) groups excluding carboxylic acids is 1. The molecule has 0 fully saturated rings. The summed E-state index contributed by atoms with van der Waals surface area (Å²) in [5.74, 6) is -0.0756. The van der Waals surface area contributed by atoms with Crippen molar-refractivity contribution in [3.05, 3.63) is 29.6 Å². The van der Waals surface area contributed by atoms with Gasteiger partial charge in [0.25, 0.3) is 5.91 Å². The highest BCUT2D eigenvalue weighted by atomic mass is 16.5. The quantitative estimate of drug-likeness (QED) is 0.816. The van der Waals surface area contributed by atoms with Gasteiger partial charge in [-0.1, -0.05) is 0 Å². The van der Waals surface area contributed by atoms with E-state index >= 15 is 0 Å². The van der Waals surface area contributed by atoms with Gasteiger partial charge in [0.15, 0.2) is 0 Å². The van der Waals surface area contributed by atoms with Crippen molar-refractivity contribution in [2.75, 3.05) is 12.4 Å². The third-order valence-corrected chi connectivity index (χ3v) is 2.02. The fourth-order valence-corrected chi connectivity index (χ4v) is 1.25. The average Bonchev–Trinajstić information content (AvgIpc) is 2.77. The van der Waals surface area contributed by atoms with Gasteiger partial charge in [0.1, 0.15) is 0 Å². The van der Waals surface area contributed by atoms with E-state index < -0.39 is 0 Å². The Balaban J connectivity index is 2.11. The van der Waals surface area contributed by atoms with Crippen LogP contribution in [0.15, 0.2) is 18.5 Å². The first-order valence-corrected chi connectivity index (χ1v) is 4.88. The summed E-state index contributed by atoms with van der Waals surface area (Å²) in [7, 11) is 1.44. The Bertz CT molecular complexity index is 537. The van der Waals surface area contributed by atoms with Gasteiger partial charge in [0, 0.05) is 12.4 Å². The first-order chi connectivity index (χ1) is 8.19. The molecule has 17 heavy (non-hydrogen) atoms. The molecule has 2 aromatic rings. The van der Waals surface area contributed by atoms with Crippen LogP contribution in [0.2, 0.25) is 0 Å². The average molecular weight is 233 g/mol. The maximum absolute atomic E-state index is 11.8. The molecule has 2 aromatic heterocycles. The number of nitrogens with zero attached hydrogens (tertiary/aromatic N) is 3. The summed E-state index contributed by atoms with van der Waals surface area (Å²) in [6.45, 7) is 1.86. The zero-order valence-electron chi connectivity index (χ0n) is 9.39. The normalized spacial score (nSPS) is 10.0. The van der Waals surface area contributed by atoms with Gasteiger partial charge in [-0.25, -0.2) is 5.10 Å². The van der Waals surface area contributed by atoms with Crippen LogP contribution in [-0.4, -0.2) is 33.2 Å². The van der Waals surface area contributed by atoms with E-state index in [0.717, 1.165) is 5.56 Å². The van der Waals surface area contributed by atoms with Gasteiger partial charge in [-0.15, -0.1) is 5.10 Å². The second-order valence-corrected chi connectivity index (χ2v) is 3.38. The van der Waals surface area contributed by atoms with Gasteiger partial charge in [-0.05, 0) is 18.6 Å². The molecule has 0 bridgehead atoms. The monoisotopic (exact) mass is 233 g/mol. The number of carbonyl (C=O) groups is 1. The number of pyridine rings is 1. The summed E-state index contributed by atoms with van der Waals surface area (Å²) in [6.07, 6.45) is 3.16. The SMILES string of the molecule is COc1n[nH]c(NC(=O)c2cncc(C)c2)n1. The van der Waals surface area contributed by atoms with Crippen LogP contribution in [0, 0.1) is 6.92 Å². The fraction of sp³-hybridized carbons (Fsp3) is 0.200. The van der Waals surface area contributed by atoms with Crippen LogP contribution in [0.1, 0.15) is 15.9 Å². The number of aromatic nitrogens is 4. The van der Waals surface area contributed by atoms with Crippen molar-refractivity contribution in [3.8, 4) is 6.01 Å². The lowest BCUT2D eigenvalue weighted by molar-refractivity contribution is 0.102. The minimum atomic E-state index is -0.306. The van der Waals surface area contributed by atoms with Crippen LogP contribution in [0.4, 0.5) is 5.95 Å². The predicted molar refractivity (Wildman–Crippen MR) is 59.9 cm³/mol. The van der Waals surface area contributed by atoms with Crippen LogP contribution < -0.4 is 10.1 Å². The molecule has 0 radical (unpaired) electrons. The maximum atomic E-state index is 11.8. The first-order valence-electron chi connectivity index (χ1n) is 4.88. The zero-order valence-corrected chi connectivity index (χ0v) is 9.39. The molecule has 0 aliphatic heterocycles. The molecule has 0 saturated carbocycles. The summed E-state index contributed by atoms with van der Waals surface area (Å²) in [5.41, 5.74) is 1.37. The highest BCUT2D eigenvalue weighted by Crippen LogP contribution is 2.07. The second-order valence-electron chi connectivity index (χ2n) is 3.38. The topological polar surface area (TPSA) is 92.8 Å². The summed E-state index contributed by atoms with van der Waals surface area (Å²) in [5, 5.41) is 8.80. The largest absolute Gasteiger partial charge is 0.466 e. The molecule has 7 nitrogen and oxygen atoms in total. The number of aromatic amines is 1. The second kappa shape index (κ2) is 4.60. The van der Waals surface area contributed by atoms with Crippen LogP contribution >= 0.6 is 0 Å². The minimum Gasteiger partial charge on any atom is -0.466 e. The third kappa shape index (κ3) is 2.57. The Morgan fingerprint density at radius 1 is 1.47 bits per heavy atom. The van der Waals surface area contributed by atoms with Gasteiger partial charge >= 0.3 is 6.01 Å². The number of hydrogen-bond donors (Lipinski definition) is 2. The number of hydrogen-bond acceptors (Lipinski definition) is 5. The van der Waals surface area contributed by atoms with Crippen molar-refractivity contribution in [1.82, 2.24) is 20.2 Å². The zero-order chi connectivity index (χ0) is 12.3. The Hall–Kier alpha value is -2.44. The number of H-pyrrole nitrogens is 1. The number of rotatable bonds is 3. The molecule has 2 heterocycles. The molecule has 1 amide bonds. The van der Waals surface area contributed by atoms with Crippen molar-refractivity contribution in [2.45, 2.75) is 6.92 Å². The molecule has 0 spiro atoms. The van der Waals surface area contributed by atoms with E-state index in [2.05, 4.69) is 25.5 Å². The molecule has 0 aromatic carbocycles. The van der Waals surface area contributed by atoms with Crippen molar-refractivity contribution < 1.29 is 9.53 Å². The highest BCUT2D eigenvalue weighted by molar-refractivity contribution is 6.03. The summed E-state index contributed by atoms with van der Waals surface area (Å²) in [6, 6.07) is 1.90. The smallest absolute Gasteiger partial charge is 0.336 e. The van der Waals surface area contributed by atoms with E-state index in [1.807, 2.05) is 6.92 Å². The van der Waals surface area contributed by atoms with Gasteiger partial charge in [-0.3, -0.25) is 15.1 Å². The van der Waals surface area contributed by atoms with Crippen molar-refractivity contribution in [2.24, 2.45) is 0 Å². The standard InChI is InChI=1S/C10H11N5O2/c1-6-3-7(5-11-4-6)8(16)12-9-13-10(17-2)15-14-9/h3-5H,1-2H3,(H2,12,13,14,15,16). The molecule has 0 saturated heterocycles. The van der Waals surface area contributed by atoms with E-state index in [0.29, 0.717) is 5.56 Å². The number of anilines is 1.